The van der Waals surface area contributed by atoms with E-state index in [0.29, 0.717) is 11.3 Å². The quantitative estimate of drug-likeness (QED) is 0.808. The molecule has 0 saturated heterocycles. The molecule has 0 aliphatic heterocycles. The van der Waals surface area contributed by atoms with Gasteiger partial charge in [-0.15, -0.1) is 0 Å². The maximum atomic E-state index is 12.0. The van der Waals surface area contributed by atoms with Crippen LogP contribution in [0, 0.1) is 6.92 Å². The number of carboxylic acids is 1. The number of aliphatic carboxylic acids is 1. The van der Waals surface area contributed by atoms with E-state index in [2.05, 4.69) is 9.69 Å². The minimum Gasteiger partial charge on any atom is -0.481 e. The van der Waals surface area contributed by atoms with Gasteiger partial charge in [-0.1, -0.05) is 0 Å². The fourth-order valence-corrected chi connectivity index (χ4v) is 2.33. The molecular formula is C11H16N2O4S. The van der Waals surface area contributed by atoms with Crippen LogP contribution in [0.1, 0.15) is 29.4 Å². The summed E-state index contributed by atoms with van der Waals surface area (Å²) in [7, 11) is 1.46. The normalized spacial score (nSPS) is 13.9. The third-order valence-corrected chi connectivity index (χ3v) is 3.13. The van der Waals surface area contributed by atoms with Crippen molar-refractivity contribution >= 4 is 23.4 Å². The van der Waals surface area contributed by atoms with Crippen LogP contribution < -0.4 is 5.32 Å². The third-order valence-electron chi connectivity index (χ3n) is 2.41. The van der Waals surface area contributed by atoms with Gasteiger partial charge in [0.2, 0.25) is 0 Å². The van der Waals surface area contributed by atoms with Crippen LogP contribution in [0.5, 0.6) is 0 Å². The Balaban J connectivity index is 2.81. The van der Waals surface area contributed by atoms with Crippen LogP contribution in [0.4, 0.5) is 0 Å². The van der Waals surface area contributed by atoms with E-state index in [1.54, 1.807) is 19.2 Å². The molecule has 7 heteroatoms. The molecular weight excluding hydrogens is 256 g/mol. The lowest BCUT2D eigenvalue weighted by atomic mass is 9.98. The van der Waals surface area contributed by atoms with Crippen molar-refractivity contribution in [3.63, 3.8) is 0 Å². The first-order valence-electron chi connectivity index (χ1n) is 5.32. The van der Waals surface area contributed by atoms with E-state index >= 15 is 0 Å². The molecule has 2 N–H and O–H groups in total. The van der Waals surface area contributed by atoms with E-state index < -0.39 is 11.5 Å². The zero-order valence-electron chi connectivity index (χ0n) is 10.5. The minimum atomic E-state index is -0.991. The maximum Gasteiger partial charge on any atom is 0.305 e. The van der Waals surface area contributed by atoms with Crippen molar-refractivity contribution in [3.05, 3.63) is 16.6 Å². The number of nitrogens with zero attached hydrogens (tertiary/aromatic N) is 1. The number of ether oxygens (including phenoxy) is 1. The molecule has 1 aromatic heterocycles. The molecule has 0 aliphatic carbocycles. The second-order valence-electron chi connectivity index (χ2n) is 4.33. The third kappa shape index (κ3) is 3.78. The molecule has 0 spiro atoms. The molecule has 1 unspecified atom stereocenters. The van der Waals surface area contributed by atoms with Crippen molar-refractivity contribution < 1.29 is 19.4 Å². The molecule has 0 radical (unpaired) electrons. The number of carbonyl (C=O) groups is 2. The Hall–Kier alpha value is -1.47. The summed E-state index contributed by atoms with van der Waals surface area (Å²) in [4.78, 5) is 22.8. The average molecular weight is 272 g/mol. The van der Waals surface area contributed by atoms with E-state index in [4.69, 9.17) is 9.84 Å². The SMILES string of the molecule is COCC(C)(CC(=O)O)NC(=O)c1csnc1C. The van der Waals surface area contributed by atoms with Crippen LogP contribution in [0.3, 0.4) is 0 Å². The number of carboxylic acid groups (broad SMARTS) is 1. The Morgan fingerprint density at radius 3 is 2.72 bits per heavy atom. The molecule has 6 nitrogen and oxygen atoms in total. The summed E-state index contributed by atoms with van der Waals surface area (Å²) in [5, 5.41) is 13.2. The predicted octanol–water partition coefficient (Wildman–Crippen LogP) is 1.06. The highest BCUT2D eigenvalue weighted by Crippen LogP contribution is 2.14. The standard InChI is InChI=1S/C11H16N2O4S/c1-7-8(5-18-13-7)10(16)12-11(2,6-17-3)4-9(14)15/h5H,4,6H2,1-3H3,(H,12,16)(H,14,15). The van der Waals surface area contributed by atoms with E-state index in [0.717, 1.165) is 0 Å². The van der Waals surface area contributed by atoms with Crippen molar-refractivity contribution in [3.8, 4) is 0 Å². The molecule has 1 aromatic rings. The molecule has 1 atom stereocenters. The second-order valence-corrected chi connectivity index (χ2v) is 4.96. The summed E-state index contributed by atoms with van der Waals surface area (Å²) in [6.45, 7) is 3.50. The Kier molecular flexibility index (Phi) is 4.80. The number of amides is 1. The number of carbonyl (C=O) groups excluding carboxylic acids is 1. The molecule has 0 bridgehead atoms. The first-order valence-corrected chi connectivity index (χ1v) is 6.16. The van der Waals surface area contributed by atoms with Gasteiger partial charge in [-0.3, -0.25) is 9.59 Å². The predicted molar refractivity (Wildman–Crippen MR) is 66.9 cm³/mol. The van der Waals surface area contributed by atoms with Crippen molar-refractivity contribution in [1.82, 2.24) is 9.69 Å². The molecule has 1 rings (SSSR count). The number of nitrogens with one attached hydrogen (secondary N) is 1. The summed E-state index contributed by atoms with van der Waals surface area (Å²) < 4.78 is 8.97. The van der Waals surface area contributed by atoms with Gasteiger partial charge in [0.15, 0.2) is 0 Å². The summed E-state index contributed by atoms with van der Waals surface area (Å²) in [5.41, 5.74) is 0.159. The Labute approximate surface area is 109 Å². The largest absolute Gasteiger partial charge is 0.481 e. The van der Waals surface area contributed by atoms with E-state index in [1.807, 2.05) is 0 Å². The first kappa shape index (κ1) is 14.6. The van der Waals surface area contributed by atoms with E-state index in [1.165, 1.54) is 18.6 Å². The van der Waals surface area contributed by atoms with Gasteiger partial charge < -0.3 is 15.2 Å². The van der Waals surface area contributed by atoms with Crippen molar-refractivity contribution in [2.45, 2.75) is 25.8 Å². The molecule has 0 fully saturated rings. The van der Waals surface area contributed by atoms with E-state index in [-0.39, 0.29) is 18.9 Å². The molecule has 0 aliphatic rings. The topological polar surface area (TPSA) is 88.5 Å². The molecule has 100 valence electrons. The average Bonchev–Trinajstić information content (AvgIpc) is 2.62. The lowest BCUT2D eigenvalue weighted by molar-refractivity contribution is -0.139. The Morgan fingerprint density at radius 2 is 2.28 bits per heavy atom. The van der Waals surface area contributed by atoms with Gasteiger partial charge in [-0.25, -0.2) is 0 Å². The van der Waals surface area contributed by atoms with Crippen LogP contribution in [-0.4, -0.2) is 40.6 Å². The highest BCUT2D eigenvalue weighted by molar-refractivity contribution is 7.03. The number of methoxy groups -OCH3 is 1. The van der Waals surface area contributed by atoms with Crippen LogP contribution in [-0.2, 0) is 9.53 Å². The Bertz CT molecular complexity index is 446. The zero-order valence-corrected chi connectivity index (χ0v) is 11.3. The van der Waals surface area contributed by atoms with E-state index in [9.17, 15) is 9.59 Å². The number of hydrogen-bond acceptors (Lipinski definition) is 5. The van der Waals surface area contributed by atoms with Crippen molar-refractivity contribution in [2.75, 3.05) is 13.7 Å². The van der Waals surface area contributed by atoms with Gasteiger partial charge >= 0.3 is 5.97 Å². The summed E-state index contributed by atoms with van der Waals surface area (Å²) in [5.74, 6) is -1.32. The molecule has 1 heterocycles. The monoisotopic (exact) mass is 272 g/mol. The van der Waals surface area contributed by atoms with Crippen molar-refractivity contribution in [1.29, 1.82) is 0 Å². The smallest absolute Gasteiger partial charge is 0.305 e. The van der Waals surface area contributed by atoms with Gasteiger partial charge in [0.1, 0.15) is 0 Å². The molecule has 0 aromatic carbocycles. The highest BCUT2D eigenvalue weighted by atomic mass is 32.1. The fraction of sp³-hybridized carbons (Fsp3) is 0.545. The number of aryl methyl sites for hydroxylation is 1. The molecule has 1 amide bonds. The zero-order chi connectivity index (χ0) is 13.8. The minimum absolute atomic E-state index is 0.127. The van der Waals surface area contributed by atoms with Crippen LogP contribution >= 0.6 is 11.5 Å². The Morgan fingerprint density at radius 1 is 1.61 bits per heavy atom. The first-order chi connectivity index (χ1) is 8.38. The van der Waals surface area contributed by atoms with Gasteiger partial charge in [0.05, 0.1) is 29.8 Å². The lowest BCUT2D eigenvalue weighted by Crippen LogP contribution is -2.50. The molecule has 18 heavy (non-hydrogen) atoms. The van der Waals surface area contributed by atoms with Gasteiger partial charge in [0, 0.05) is 12.5 Å². The van der Waals surface area contributed by atoms with Crippen LogP contribution in [0.2, 0.25) is 0 Å². The van der Waals surface area contributed by atoms with Crippen LogP contribution in [0.15, 0.2) is 5.38 Å². The highest BCUT2D eigenvalue weighted by Gasteiger charge is 2.30. The van der Waals surface area contributed by atoms with Gasteiger partial charge in [-0.05, 0) is 25.4 Å². The maximum absolute atomic E-state index is 12.0. The lowest BCUT2D eigenvalue weighted by Gasteiger charge is -2.28. The number of rotatable bonds is 6. The van der Waals surface area contributed by atoms with Gasteiger partial charge in [-0.2, -0.15) is 4.37 Å². The summed E-state index contributed by atoms with van der Waals surface area (Å²) >= 11 is 1.19. The van der Waals surface area contributed by atoms with Gasteiger partial charge in [0.25, 0.3) is 5.91 Å². The second kappa shape index (κ2) is 5.92. The number of aromatic nitrogens is 1. The van der Waals surface area contributed by atoms with Crippen LogP contribution in [0.25, 0.3) is 0 Å². The fourth-order valence-electron chi connectivity index (χ4n) is 1.64. The number of hydrogen-bond donors (Lipinski definition) is 2. The molecule has 0 saturated carbocycles. The summed E-state index contributed by atoms with van der Waals surface area (Å²) in [6.07, 6.45) is -0.205. The summed E-state index contributed by atoms with van der Waals surface area (Å²) in [6, 6.07) is 0. The van der Waals surface area contributed by atoms with Crippen molar-refractivity contribution in [2.24, 2.45) is 0 Å².